The third-order valence-electron chi connectivity index (χ3n) is 5.48. The molecule has 8 nitrogen and oxygen atoms in total. The van der Waals surface area contributed by atoms with Crippen LogP contribution in [-0.4, -0.2) is 32.4 Å². The SMILES string of the molecule is C[C@@H](Oc1nc(-c2cnc3ccccn23)sc1CC(N)=O)c1ccc(CNC(C)(C)C)cc1OC(F)F. The van der Waals surface area contributed by atoms with Crippen molar-refractivity contribution in [2.75, 3.05) is 0 Å². The number of hydrogen-bond acceptors (Lipinski definition) is 7. The Kier molecular flexibility index (Phi) is 7.74. The molecular formula is C26H29F2N5O3S. The van der Waals surface area contributed by atoms with Crippen molar-refractivity contribution >= 4 is 22.9 Å². The fraction of sp³-hybridized carbons (Fsp3) is 0.346. The van der Waals surface area contributed by atoms with E-state index in [1.54, 1.807) is 25.3 Å². The Morgan fingerprint density at radius 1 is 1.22 bits per heavy atom. The largest absolute Gasteiger partial charge is 0.469 e. The van der Waals surface area contributed by atoms with Crippen LogP contribution in [0.25, 0.3) is 16.3 Å². The molecule has 0 aliphatic carbocycles. The molecule has 0 aliphatic heterocycles. The van der Waals surface area contributed by atoms with Gasteiger partial charge in [-0.15, -0.1) is 11.3 Å². The van der Waals surface area contributed by atoms with E-state index < -0.39 is 18.6 Å². The predicted molar refractivity (Wildman–Crippen MR) is 138 cm³/mol. The van der Waals surface area contributed by atoms with E-state index in [0.29, 0.717) is 22.0 Å². The number of nitrogens with zero attached hydrogens (tertiary/aromatic N) is 3. The van der Waals surface area contributed by atoms with Crippen molar-refractivity contribution < 1.29 is 23.0 Å². The number of thiazole rings is 1. The number of primary amides is 1. The highest BCUT2D eigenvalue weighted by Crippen LogP contribution is 2.37. The summed E-state index contributed by atoms with van der Waals surface area (Å²) in [5.41, 5.74) is 8.02. The number of halogens is 2. The number of alkyl halides is 2. The van der Waals surface area contributed by atoms with Crippen LogP contribution in [0.4, 0.5) is 8.78 Å². The lowest BCUT2D eigenvalue weighted by molar-refractivity contribution is -0.117. The van der Waals surface area contributed by atoms with Gasteiger partial charge in [-0.05, 0) is 51.5 Å². The Balaban J connectivity index is 1.65. The van der Waals surface area contributed by atoms with E-state index in [1.807, 2.05) is 55.6 Å². The van der Waals surface area contributed by atoms with Crippen LogP contribution in [0, 0.1) is 0 Å². The van der Waals surface area contributed by atoms with Crippen LogP contribution in [0.1, 0.15) is 49.8 Å². The molecule has 11 heteroatoms. The molecule has 0 spiro atoms. The maximum Gasteiger partial charge on any atom is 0.387 e. The first-order valence-corrected chi connectivity index (χ1v) is 12.5. The summed E-state index contributed by atoms with van der Waals surface area (Å²) >= 11 is 1.27. The van der Waals surface area contributed by atoms with Crippen molar-refractivity contribution in [2.45, 2.75) is 58.9 Å². The van der Waals surface area contributed by atoms with Crippen molar-refractivity contribution in [2.24, 2.45) is 5.73 Å². The number of ether oxygens (including phenoxy) is 2. The summed E-state index contributed by atoms with van der Waals surface area (Å²) in [7, 11) is 0. The summed E-state index contributed by atoms with van der Waals surface area (Å²) in [6, 6.07) is 10.7. The van der Waals surface area contributed by atoms with Gasteiger partial charge in [-0.1, -0.05) is 18.2 Å². The van der Waals surface area contributed by atoms with Crippen LogP contribution < -0.4 is 20.5 Å². The fourth-order valence-electron chi connectivity index (χ4n) is 3.72. The van der Waals surface area contributed by atoms with Crippen LogP contribution in [-0.2, 0) is 17.8 Å². The Morgan fingerprint density at radius 3 is 2.70 bits per heavy atom. The van der Waals surface area contributed by atoms with Gasteiger partial charge in [0, 0.05) is 23.8 Å². The van der Waals surface area contributed by atoms with Gasteiger partial charge in [0.05, 0.1) is 17.5 Å². The van der Waals surface area contributed by atoms with Gasteiger partial charge in [-0.3, -0.25) is 9.20 Å². The second-order valence-corrected chi connectivity index (χ2v) is 10.7. The molecule has 0 radical (unpaired) electrons. The van der Waals surface area contributed by atoms with Gasteiger partial charge in [-0.2, -0.15) is 13.8 Å². The first-order valence-electron chi connectivity index (χ1n) is 11.7. The summed E-state index contributed by atoms with van der Waals surface area (Å²) in [6.07, 6.45) is 2.77. The van der Waals surface area contributed by atoms with E-state index >= 15 is 0 Å². The van der Waals surface area contributed by atoms with Crippen molar-refractivity contribution in [1.82, 2.24) is 19.7 Å². The average molecular weight is 530 g/mol. The van der Waals surface area contributed by atoms with Gasteiger partial charge >= 0.3 is 6.61 Å². The van der Waals surface area contributed by atoms with Crippen molar-refractivity contribution in [3.05, 3.63) is 64.8 Å². The quantitative estimate of drug-likeness (QED) is 0.296. The number of pyridine rings is 1. The molecule has 0 unspecified atom stereocenters. The lowest BCUT2D eigenvalue weighted by Gasteiger charge is -2.22. The highest BCUT2D eigenvalue weighted by Gasteiger charge is 2.23. The number of hydrogen-bond donors (Lipinski definition) is 2. The Bertz CT molecular complexity index is 1400. The minimum atomic E-state index is -3.00. The summed E-state index contributed by atoms with van der Waals surface area (Å²) in [6.45, 7) is 5.26. The van der Waals surface area contributed by atoms with E-state index in [0.717, 1.165) is 16.9 Å². The number of nitrogens with one attached hydrogen (secondary N) is 1. The molecule has 37 heavy (non-hydrogen) atoms. The third-order valence-corrected chi connectivity index (χ3v) is 6.53. The standard InChI is InChI=1S/C26H29F2N5O3S/c1-15(17-9-8-16(13-31-26(2,3)4)11-19(17)36-25(27)28)35-23-20(12-21(29)34)37-24(32-23)18-14-30-22-7-5-6-10-33(18)22/h5-11,14-15,25,31H,12-13H2,1-4H3,(H2,29,34)/t15-/m1/s1. The number of fused-ring (bicyclic) bond motifs is 1. The number of aromatic nitrogens is 3. The molecule has 3 aromatic heterocycles. The molecule has 3 heterocycles. The van der Waals surface area contributed by atoms with E-state index in [9.17, 15) is 13.6 Å². The molecule has 0 fully saturated rings. The first kappa shape index (κ1) is 26.5. The number of carbonyl (C=O) groups excluding carboxylic acids is 1. The van der Waals surface area contributed by atoms with Gasteiger partial charge < -0.3 is 20.5 Å². The van der Waals surface area contributed by atoms with Crippen LogP contribution >= 0.6 is 11.3 Å². The topological polar surface area (TPSA) is 104 Å². The van der Waals surface area contributed by atoms with E-state index in [4.69, 9.17) is 15.2 Å². The van der Waals surface area contributed by atoms with Crippen LogP contribution in [0.2, 0.25) is 0 Å². The monoisotopic (exact) mass is 529 g/mol. The van der Waals surface area contributed by atoms with Gasteiger partial charge in [0.25, 0.3) is 0 Å². The zero-order valence-corrected chi connectivity index (χ0v) is 21.8. The molecule has 4 rings (SSSR count). The maximum atomic E-state index is 13.2. The number of benzene rings is 1. The molecule has 3 N–H and O–H groups in total. The molecule has 0 saturated carbocycles. The molecular weight excluding hydrogens is 500 g/mol. The van der Waals surface area contributed by atoms with E-state index in [1.165, 1.54) is 11.3 Å². The minimum absolute atomic E-state index is 0.0180. The summed E-state index contributed by atoms with van der Waals surface area (Å²) < 4.78 is 39.3. The Labute approximate surface area is 217 Å². The first-order chi connectivity index (χ1) is 17.5. The molecule has 196 valence electrons. The van der Waals surface area contributed by atoms with Gasteiger partial charge in [0.2, 0.25) is 11.8 Å². The summed E-state index contributed by atoms with van der Waals surface area (Å²) in [5.74, 6) is -0.314. The number of rotatable bonds is 10. The fourth-order valence-corrected chi connectivity index (χ4v) is 4.73. The molecule has 1 aromatic carbocycles. The molecule has 0 saturated heterocycles. The second kappa shape index (κ2) is 10.8. The highest BCUT2D eigenvalue weighted by molar-refractivity contribution is 7.15. The lowest BCUT2D eigenvalue weighted by atomic mass is 10.0. The summed E-state index contributed by atoms with van der Waals surface area (Å²) in [5, 5.41) is 3.92. The third kappa shape index (κ3) is 6.60. The van der Waals surface area contributed by atoms with Crippen molar-refractivity contribution in [3.63, 3.8) is 0 Å². The van der Waals surface area contributed by atoms with Crippen molar-refractivity contribution in [1.29, 1.82) is 0 Å². The van der Waals surface area contributed by atoms with Gasteiger partial charge in [0.1, 0.15) is 28.2 Å². The number of imidazole rings is 1. The molecule has 4 aromatic rings. The molecule has 0 aliphatic rings. The number of carbonyl (C=O) groups is 1. The lowest BCUT2D eigenvalue weighted by Crippen LogP contribution is -2.35. The number of nitrogens with two attached hydrogens (primary N) is 1. The van der Waals surface area contributed by atoms with Crippen molar-refractivity contribution in [3.8, 4) is 22.3 Å². The maximum absolute atomic E-state index is 13.2. The zero-order valence-electron chi connectivity index (χ0n) is 21.0. The minimum Gasteiger partial charge on any atom is -0.469 e. The van der Waals surface area contributed by atoms with Crippen LogP contribution in [0.15, 0.2) is 48.8 Å². The predicted octanol–water partition coefficient (Wildman–Crippen LogP) is 5.12. The number of amides is 1. The zero-order chi connectivity index (χ0) is 26.7. The average Bonchev–Trinajstić information content (AvgIpc) is 3.40. The van der Waals surface area contributed by atoms with E-state index in [2.05, 4.69) is 15.3 Å². The van der Waals surface area contributed by atoms with Gasteiger partial charge in [0.15, 0.2) is 0 Å². The van der Waals surface area contributed by atoms with E-state index in [-0.39, 0.29) is 23.6 Å². The Morgan fingerprint density at radius 2 is 2.00 bits per heavy atom. The smallest absolute Gasteiger partial charge is 0.387 e. The Hall–Kier alpha value is -3.57. The van der Waals surface area contributed by atoms with Crippen LogP contribution in [0.3, 0.4) is 0 Å². The molecule has 1 amide bonds. The molecule has 1 atom stereocenters. The highest BCUT2D eigenvalue weighted by atomic mass is 32.1. The second-order valence-electron chi connectivity index (χ2n) is 9.58. The van der Waals surface area contributed by atoms with Crippen LogP contribution in [0.5, 0.6) is 11.6 Å². The summed E-state index contributed by atoms with van der Waals surface area (Å²) in [4.78, 5) is 21.3. The van der Waals surface area contributed by atoms with Gasteiger partial charge in [-0.25, -0.2) is 4.98 Å². The molecule has 0 bridgehead atoms. The normalized spacial score (nSPS) is 12.7.